The summed E-state index contributed by atoms with van der Waals surface area (Å²) < 4.78 is 0. The Kier molecular flexibility index (Phi) is 2.99. The summed E-state index contributed by atoms with van der Waals surface area (Å²) in [6.07, 6.45) is 0.698. The Balaban J connectivity index is 2.52. The number of anilines is 1. The number of rotatable bonds is 3. The van der Waals surface area contributed by atoms with Gasteiger partial charge in [0.25, 0.3) is 0 Å². The van der Waals surface area contributed by atoms with Gasteiger partial charge in [-0.3, -0.25) is 0 Å². The number of nitrogen functional groups attached to an aromatic ring is 1. The monoisotopic (exact) mass is 148 g/mol. The molecule has 2 nitrogen and oxygen atoms in total. The molecule has 0 saturated carbocycles. The van der Waals surface area contributed by atoms with Crippen LogP contribution in [-0.2, 0) is 0 Å². The van der Waals surface area contributed by atoms with E-state index in [9.17, 15) is 0 Å². The molecule has 3 heteroatoms. The van der Waals surface area contributed by atoms with Crippen molar-refractivity contribution in [1.82, 2.24) is 0 Å². The van der Waals surface area contributed by atoms with Crippen molar-refractivity contribution in [3.8, 4) is 0 Å². The standard InChI is InChI=1S/C8H11BNO/c10-8-3-1-7(2-4-8)9-5-6-11/h1-4,11H,5-6,10H2. The molecule has 0 unspecified atom stereocenters. The highest BCUT2D eigenvalue weighted by atomic mass is 16.2. The van der Waals surface area contributed by atoms with Gasteiger partial charge in [-0.15, -0.1) is 0 Å². The second-order valence-corrected chi connectivity index (χ2v) is 2.38. The molecule has 1 aromatic carbocycles. The van der Waals surface area contributed by atoms with E-state index >= 15 is 0 Å². The van der Waals surface area contributed by atoms with Crippen molar-refractivity contribution in [3.05, 3.63) is 24.3 Å². The molecule has 0 atom stereocenters. The molecule has 1 radical (unpaired) electrons. The van der Waals surface area contributed by atoms with Gasteiger partial charge >= 0.3 is 0 Å². The summed E-state index contributed by atoms with van der Waals surface area (Å²) in [5.41, 5.74) is 7.37. The van der Waals surface area contributed by atoms with E-state index in [1.165, 1.54) is 0 Å². The fourth-order valence-electron chi connectivity index (χ4n) is 0.863. The van der Waals surface area contributed by atoms with Crippen LogP contribution in [0.4, 0.5) is 5.69 Å². The summed E-state index contributed by atoms with van der Waals surface area (Å²) in [6, 6.07) is 7.57. The highest BCUT2D eigenvalue weighted by molar-refractivity contribution is 6.53. The molecule has 0 saturated heterocycles. The molecule has 0 heterocycles. The zero-order chi connectivity index (χ0) is 8.10. The lowest BCUT2D eigenvalue weighted by Gasteiger charge is -1.97. The number of aliphatic hydroxyl groups excluding tert-OH is 1. The summed E-state index contributed by atoms with van der Waals surface area (Å²) in [4.78, 5) is 0. The van der Waals surface area contributed by atoms with Gasteiger partial charge in [-0.1, -0.05) is 23.9 Å². The van der Waals surface area contributed by atoms with Crippen LogP contribution in [0.15, 0.2) is 24.3 Å². The van der Waals surface area contributed by atoms with E-state index in [0.717, 1.165) is 11.2 Å². The molecule has 0 aliphatic rings. The zero-order valence-electron chi connectivity index (χ0n) is 6.33. The average Bonchev–Trinajstić information content (AvgIpc) is 2.04. The molecule has 1 aromatic rings. The fraction of sp³-hybridized carbons (Fsp3) is 0.250. The summed E-state index contributed by atoms with van der Waals surface area (Å²) in [5, 5.41) is 8.53. The van der Waals surface area contributed by atoms with E-state index in [4.69, 9.17) is 10.8 Å². The van der Waals surface area contributed by atoms with Crippen LogP contribution < -0.4 is 11.2 Å². The van der Waals surface area contributed by atoms with Crippen LogP contribution in [0.1, 0.15) is 0 Å². The Morgan fingerprint density at radius 2 is 1.91 bits per heavy atom. The van der Waals surface area contributed by atoms with Gasteiger partial charge < -0.3 is 10.8 Å². The SMILES string of the molecule is Nc1ccc([B]CCO)cc1. The maximum atomic E-state index is 8.53. The van der Waals surface area contributed by atoms with Crippen LogP contribution in [0.3, 0.4) is 0 Å². The lowest BCUT2D eigenvalue weighted by Crippen LogP contribution is -2.14. The van der Waals surface area contributed by atoms with Crippen molar-refractivity contribution in [1.29, 1.82) is 0 Å². The van der Waals surface area contributed by atoms with Crippen molar-refractivity contribution in [3.63, 3.8) is 0 Å². The Labute approximate surface area is 67.3 Å². The largest absolute Gasteiger partial charge is 0.399 e. The van der Waals surface area contributed by atoms with Crippen molar-refractivity contribution < 1.29 is 5.11 Å². The van der Waals surface area contributed by atoms with Gasteiger partial charge in [-0.05, 0) is 12.1 Å². The third kappa shape index (κ3) is 2.64. The van der Waals surface area contributed by atoms with E-state index in [1.807, 2.05) is 31.5 Å². The third-order valence-corrected chi connectivity index (χ3v) is 1.45. The normalized spacial score (nSPS) is 9.55. The first-order chi connectivity index (χ1) is 5.33. The number of benzene rings is 1. The van der Waals surface area contributed by atoms with Gasteiger partial charge in [0.05, 0.1) is 0 Å². The van der Waals surface area contributed by atoms with E-state index in [0.29, 0.717) is 6.32 Å². The molecular weight excluding hydrogens is 137 g/mol. The molecule has 0 aromatic heterocycles. The fourth-order valence-corrected chi connectivity index (χ4v) is 0.863. The van der Waals surface area contributed by atoms with Gasteiger partial charge in [0.2, 0.25) is 0 Å². The highest BCUT2D eigenvalue weighted by Gasteiger charge is 1.92. The molecule has 0 amide bonds. The molecular formula is C8H11BNO. The predicted molar refractivity (Wildman–Crippen MR) is 48.1 cm³/mol. The van der Waals surface area contributed by atoms with Crippen LogP contribution in [0.25, 0.3) is 0 Å². The summed E-state index contributed by atoms with van der Waals surface area (Å²) in [6.45, 7) is 0.199. The average molecular weight is 148 g/mol. The summed E-state index contributed by atoms with van der Waals surface area (Å²) in [5.74, 6) is 0. The first-order valence-electron chi connectivity index (χ1n) is 3.62. The molecule has 0 spiro atoms. The molecule has 0 aliphatic carbocycles. The topological polar surface area (TPSA) is 46.2 Å². The maximum Gasteiger partial charge on any atom is 0.153 e. The van der Waals surface area contributed by atoms with Gasteiger partial charge in [-0.25, -0.2) is 0 Å². The van der Waals surface area contributed by atoms with Crippen molar-refractivity contribution >= 4 is 18.4 Å². The summed E-state index contributed by atoms with van der Waals surface area (Å²) >= 11 is 0. The quantitative estimate of drug-likeness (QED) is 0.468. The Morgan fingerprint density at radius 3 is 2.45 bits per heavy atom. The van der Waals surface area contributed by atoms with Gasteiger partial charge in [0, 0.05) is 12.3 Å². The van der Waals surface area contributed by atoms with E-state index < -0.39 is 0 Å². The minimum atomic E-state index is 0.199. The van der Waals surface area contributed by atoms with Crippen LogP contribution >= 0.6 is 0 Å². The van der Waals surface area contributed by atoms with Crippen molar-refractivity contribution in [2.75, 3.05) is 12.3 Å². The Bertz CT molecular complexity index is 210. The third-order valence-electron chi connectivity index (χ3n) is 1.45. The zero-order valence-corrected chi connectivity index (χ0v) is 6.33. The minimum Gasteiger partial charge on any atom is -0.399 e. The highest BCUT2D eigenvalue weighted by Crippen LogP contribution is 1.95. The van der Waals surface area contributed by atoms with Crippen molar-refractivity contribution in [2.45, 2.75) is 6.32 Å². The second-order valence-electron chi connectivity index (χ2n) is 2.38. The lowest BCUT2D eigenvalue weighted by atomic mass is 9.67. The molecule has 3 N–H and O–H groups in total. The number of aliphatic hydroxyl groups is 1. The summed E-state index contributed by atoms with van der Waals surface area (Å²) in [7, 11) is 1.97. The molecule has 0 fully saturated rings. The van der Waals surface area contributed by atoms with E-state index in [-0.39, 0.29) is 6.61 Å². The van der Waals surface area contributed by atoms with Gasteiger partial charge in [0.15, 0.2) is 7.28 Å². The second kappa shape index (κ2) is 4.03. The first-order valence-corrected chi connectivity index (χ1v) is 3.62. The predicted octanol–water partition coefficient (Wildman–Crippen LogP) is 0.00890. The molecule has 0 aliphatic heterocycles. The smallest absolute Gasteiger partial charge is 0.153 e. The van der Waals surface area contributed by atoms with Gasteiger partial charge in [-0.2, -0.15) is 0 Å². The number of hydrogen-bond donors (Lipinski definition) is 2. The van der Waals surface area contributed by atoms with Crippen molar-refractivity contribution in [2.24, 2.45) is 0 Å². The van der Waals surface area contributed by atoms with Gasteiger partial charge in [0.1, 0.15) is 0 Å². The molecule has 1 rings (SSSR count). The minimum absolute atomic E-state index is 0.199. The molecule has 57 valence electrons. The first kappa shape index (κ1) is 8.14. The molecule has 11 heavy (non-hydrogen) atoms. The van der Waals surface area contributed by atoms with E-state index in [1.54, 1.807) is 0 Å². The van der Waals surface area contributed by atoms with Crippen LogP contribution in [-0.4, -0.2) is 19.0 Å². The number of nitrogens with two attached hydrogens (primary N) is 1. The Morgan fingerprint density at radius 1 is 1.27 bits per heavy atom. The van der Waals surface area contributed by atoms with Crippen LogP contribution in [0.5, 0.6) is 0 Å². The van der Waals surface area contributed by atoms with Crippen LogP contribution in [0, 0.1) is 0 Å². The maximum absolute atomic E-state index is 8.53. The lowest BCUT2D eigenvalue weighted by molar-refractivity contribution is 0.318. The van der Waals surface area contributed by atoms with E-state index in [2.05, 4.69) is 0 Å². The Hall–Kier alpha value is -0.955. The number of hydrogen-bond acceptors (Lipinski definition) is 2. The molecule has 0 bridgehead atoms. The van der Waals surface area contributed by atoms with Crippen LogP contribution in [0.2, 0.25) is 6.32 Å².